The van der Waals surface area contributed by atoms with Crippen molar-refractivity contribution in [1.29, 1.82) is 0 Å². The van der Waals surface area contributed by atoms with Gasteiger partial charge in [0.2, 0.25) is 0 Å². The topological polar surface area (TPSA) is 72.7 Å². The van der Waals surface area contributed by atoms with Gasteiger partial charge < -0.3 is 20.6 Å². The molecule has 0 aromatic heterocycles. The van der Waals surface area contributed by atoms with E-state index in [4.69, 9.17) is 10.2 Å². The highest BCUT2D eigenvalue weighted by Crippen LogP contribution is 2.09. The molecule has 0 heterocycles. The summed E-state index contributed by atoms with van der Waals surface area (Å²) in [5.41, 5.74) is -0.0711. The largest absolute Gasteiger partial charge is 0.508 e. The van der Waals surface area contributed by atoms with Gasteiger partial charge in [0, 0.05) is 13.1 Å². The number of benzene rings is 1. The summed E-state index contributed by atoms with van der Waals surface area (Å²) in [6, 6.07) is 6.83. The minimum Gasteiger partial charge on any atom is -0.508 e. The zero-order chi connectivity index (χ0) is 11.3. The molecule has 1 aromatic carbocycles. The van der Waals surface area contributed by atoms with Crippen molar-refractivity contribution in [3.8, 4) is 5.75 Å². The van der Waals surface area contributed by atoms with Crippen molar-refractivity contribution in [1.82, 2.24) is 5.32 Å². The Hall–Kier alpha value is -1.10. The van der Waals surface area contributed by atoms with Gasteiger partial charge in [-0.2, -0.15) is 0 Å². The summed E-state index contributed by atoms with van der Waals surface area (Å²) >= 11 is 0. The molecule has 1 atom stereocenters. The third-order valence-corrected chi connectivity index (χ3v) is 2.11. The first kappa shape index (κ1) is 12.0. The lowest BCUT2D eigenvalue weighted by Crippen LogP contribution is -2.40. The second-order valence-electron chi connectivity index (χ2n) is 3.93. The molecule has 4 nitrogen and oxygen atoms in total. The van der Waals surface area contributed by atoms with E-state index in [0.29, 0.717) is 13.1 Å². The maximum atomic E-state index is 9.49. The Bertz CT molecular complexity index is 295. The van der Waals surface area contributed by atoms with Gasteiger partial charge in [-0.25, -0.2) is 0 Å². The standard InChI is InChI=1S/C11H17NO3/c1-11(15,8-13)7-12-6-9-2-4-10(14)5-3-9/h2-5,12-15H,6-8H2,1H3. The number of aliphatic hydroxyl groups is 2. The van der Waals surface area contributed by atoms with Gasteiger partial charge in [0.1, 0.15) is 5.75 Å². The van der Waals surface area contributed by atoms with E-state index in [0.717, 1.165) is 5.56 Å². The SMILES string of the molecule is CC(O)(CO)CNCc1ccc(O)cc1. The highest BCUT2D eigenvalue weighted by molar-refractivity contribution is 5.25. The molecule has 0 fully saturated rings. The number of hydrogen-bond donors (Lipinski definition) is 4. The van der Waals surface area contributed by atoms with Crippen LogP contribution in [0.1, 0.15) is 12.5 Å². The summed E-state index contributed by atoms with van der Waals surface area (Å²) in [4.78, 5) is 0. The van der Waals surface area contributed by atoms with Crippen LogP contribution in [-0.4, -0.2) is 34.1 Å². The van der Waals surface area contributed by atoms with Crippen molar-refractivity contribution in [2.45, 2.75) is 19.1 Å². The molecule has 84 valence electrons. The summed E-state index contributed by atoms with van der Waals surface area (Å²) < 4.78 is 0. The van der Waals surface area contributed by atoms with Crippen LogP contribution in [0.4, 0.5) is 0 Å². The molecular formula is C11H17NO3. The Morgan fingerprint density at radius 1 is 1.27 bits per heavy atom. The van der Waals surface area contributed by atoms with E-state index in [-0.39, 0.29) is 12.4 Å². The fourth-order valence-corrected chi connectivity index (χ4v) is 1.15. The number of aromatic hydroxyl groups is 1. The van der Waals surface area contributed by atoms with Crippen LogP contribution in [0.2, 0.25) is 0 Å². The minimum atomic E-state index is -1.09. The zero-order valence-corrected chi connectivity index (χ0v) is 8.77. The van der Waals surface area contributed by atoms with Crippen molar-refractivity contribution in [3.63, 3.8) is 0 Å². The van der Waals surface area contributed by atoms with Gasteiger partial charge in [-0.15, -0.1) is 0 Å². The molecule has 0 saturated carbocycles. The molecule has 0 radical (unpaired) electrons. The fraction of sp³-hybridized carbons (Fsp3) is 0.455. The quantitative estimate of drug-likeness (QED) is 0.562. The van der Waals surface area contributed by atoms with Crippen molar-refractivity contribution >= 4 is 0 Å². The highest BCUT2D eigenvalue weighted by atomic mass is 16.3. The van der Waals surface area contributed by atoms with Gasteiger partial charge >= 0.3 is 0 Å². The Labute approximate surface area is 89.2 Å². The lowest BCUT2D eigenvalue weighted by Gasteiger charge is -2.20. The second-order valence-corrected chi connectivity index (χ2v) is 3.93. The van der Waals surface area contributed by atoms with E-state index >= 15 is 0 Å². The normalized spacial score (nSPS) is 14.9. The molecular weight excluding hydrogens is 194 g/mol. The first-order chi connectivity index (χ1) is 7.03. The molecule has 15 heavy (non-hydrogen) atoms. The van der Waals surface area contributed by atoms with Gasteiger partial charge in [-0.1, -0.05) is 12.1 Å². The molecule has 1 aromatic rings. The van der Waals surface area contributed by atoms with Crippen LogP contribution >= 0.6 is 0 Å². The summed E-state index contributed by atoms with van der Waals surface area (Å²) in [6.45, 7) is 2.22. The van der Waals surface area contributed by atoms with E-state index in [1.54, 1.807) is 31.2 Å². The van der Waals surface area contributed by atoms with E-state index in [9.17, 15) is 5.11 Å². The maximum absolute atomic E-state index is 9.49. The molecule has 0 amide bonds. The Morgan fingerprint density at radius 3 is 2.40 bits per heavy atom. The average Bonchev–Trinajstić information content (AvgIpc) is 2.21. The predicted octanol–water partition coefficient (Wildman–Crippen LogP) is 0.225. The summed E-state index contributed by atoms with van der Waals surface area (Å²) in [5.74, 6) is 0.237. The molecule has 0 spiro atoms. The van der Waals surface area contributed by atoms with Crippen LogP contribution in [0.25, 0.3) is 0 Å². The van der Waals surface area contributed by atoms with E-state index < -0.39 is 5.60 Å². The molecule has 0 aliphatic carbocycles. The first-order valence-corrected chi connectivity index (χ1v) is 4.85. The van der Waals surface area contributed by atoms with Gasteiger partial charge in [-0.05, 0) is 24.6 Å². The molecule has 4 N–H and O–H groups in total. The smallest absolute Gasteiger partial charge is 0.115 e. The molecule has 1 rings (SSSR count). The van der Waals surface area contributed by atoms with E-state index in [1.807, 2.05) is 0 Å². The van der Waals surface area contributed by atoms with Crippen LogP contribution in [-0.2, 0) is 6.54 Å². The Morgan fingerprint density at radius 2 is 1.87 bits per heavy atom. The maximum Gasteiger partial charge on any atom is 0.115 e. The third kappa shape index (κ3) is 4.29. The number of nitrogens with one attached hydrogen (secondary N) is 1. The lowest BCUT2D eigenvalue weighted by molar-refractivity contribution is 0.00254. The van der Waals surface area contributed by atoms with E-state index in [2.05, 4.69) is 5.32 Å². The fourth-order valence-electron chi connectivity index (χ4n) is 1.15. The zero-order valence-electron chi connectivity index (χ0n) is 8.77. The second kappa shape index (κ2) is 5.11. The van der Waals surface area contributed by atoms with Crippen LogP contribution in [0, 0.1) is 0 Å². The molecule has 0 aliphatic rings. The molecule has 0 saturated heterocycles. The number of aliphatic hydroxyl groups excluding tert-OH is 1. The summed E-state index contributed by atoms with van der Waals surface area (Å²) in [5, 5.41) is 30.4. The number of phenolic OH excluding ortho intramolecular Hbond substituents is 1. The first-order valence-electron chi connectivity index (χ1n) is 4.85. The van der Waals surface area contributed by atoms with Crippen LogP contribution < -0.4 is 5.32 Å². The molecule has 4 heteroatoms. The molecule has 1 unspecified atom stereocenters. The average molecular weight is 211 g/mol. The predicted molar refractivity (Wildman–Crippen MR) is 57.5 cm³/mol. The van der Waals surface area contributed by atoms with E-state index in [1.165, 1.54) is 0 Å². The Kier molecular flexibility index (Phi) is 4.08. The lowest BCUT2D eigenvalue weighted by atomic mass is 10.1. The number of rotatable bonds is 5. The summed E-state index contributed by atoms with van der Waals surface area (Å²) in [7, 11) is 0. The summed E-state index contributed by atoms with van der Waals surface area (Å²) in [6.07, 6.45) is 0. The van der Waals surface area contributed by atoms with Crippen LogP contribution in [0.5, 0.6) is 5.75 Å². The van der Waals surface area contributed by atoms with Crippen molar-refractivity contribution in [2.75, 3.05) is 13.2 Å². The highest BCUT2D eigenvalue weighted by Gasteiger charge is 2.17. The van der Waals surface area contributed by atoms with Gasteiger partial charge in [0.05, 0.1) is 12.2 Å². The molecule has 0 aliphatic heterocycles. The Balaban J connectivity index is 2.35. The molecule has 0 bridgehead atoms. The van der Waals surface area contributed by atoms with Crippen molar-refractivity contribution < 1.29 is 15.3 Å². The van der Waals surface area contributed by atoms with Crippen LogP contribution in [0.15, 0.2) is 24.3 Å². The van der Waals surface area contributed by atoms with Crippen molar-refractivity contribution in [2.24, 2.45) is 0 Å². The number of phenols is 1. The van der Waals surface area contributed by atoms with Crippen molar-refractivity contribution in [3.05, 3.63) is 29.8 Å². The minimum absolute atomic E-state index is 0.237. The van der Waals surface area contributed by atoms with Gasteiger partial charge in [-0.3, -0.25) is 0 Å². The van der Waals surface area contributed by atoms with Gasteiger partial charge in [0.15, 0.2) is 0 Å². The van der Waals surface area contributed by atoms with Crippen LogP contribution in [0.3, 0.4) is 0 Å². The monoisotopic (exact) mass is 211 g/mol. The van der Waals surface area contributed by atoms with Gasteiger partial charge in [0.25, 0.3) is 0 Å². The third-order valence-electron chi connectivity index (χ3n) is 2.11. The number of hydrogen-bond acceptors (Lipinski definition) is 4.